The molecule has 1 saturated carbocycles. The molecule has 0 aromatic carbocycles. The summed E-state index contributed by atoms with van der Waals surface area (Å²) in [6, 6.07) is 0.201. The summed E-state index contributed by atoms with van der Waals surface area (Å²) in [6.07, 6.45) is 4.97. The van der Waals surface area contributed by atoms with E-state index in [9.17, 15) is 9.90 Å². The molecule has 0 bridgehead atoms. The SMILES string of the molecule is NC1CCC(C(=O)O)(C2CCOCC2)CC1. The highest BCUT2D eigenvalue weighted by molar-refractivity contribution is 5.75. The van der Waals surface area contributed by atoms with Crippen molar-refractivity contribution in [3.8, 4) is 0 Å². The Balaban J connectivity index is 2.11. The maximum Gasteiger partial charge on any atom is 0.309 e. The monoisotopic (exact) mass is 227 g/mol. The molecule has 0 aromatic rings. The van der Waals surface area contributed by atoms with E-state index in [0.29, 0.717) is 13.2 Å². The van der Waals surface area contributed by atoms with Crippen LogP contribution in [0.2, 0.25) is 0 Å². The van der Waals surface area contributed by atoms with Crippen molar-refractivity contribution in [3.05, 3.63) is 0 Å². The predicted molar refractivity (Wildman–Crippen MR) is 60.1 cm³/mol. The van der Waals surface area contributed by atoms with Crippen molar-refractivity contribution in [3.63, 3.8) is 0 Å². The fourth-order valence-electron chi connectivity index (χ4n) is 3.20. The van der Waals surface area contributed by atoms with Crippen molar-refractivity contribution in [2.24, 2.45) is 17.1 Å². The molecule has 1 heterocycles. The number of carbonyl (C=O) groups is 1. The van der Waals surface area contributed by atoms with Gasteiger partial charge in [-0.2, -0.15) is 0 Å². The first-order valence-corrected chi connectivity index (χ1v) is 6.22. The summed E-state index contributed by atoms with van der Waals surface area (Å²) in [6.45, 7) is 1.43. The molecule has 0 unspecified atom stereocenters. The van der Waals surface area contributed by atoms with E-state index in [4.69, 9.17) is 10.5 Å². The van der Waals surface area contributed by atoms with Gasteiger partial charge in [0.25, 0.3) is 0 Å². The standard InChI is InChI=1S/C12H21NO3/c13-10-1-5-12(6-2-10,11(14)15)9-3-7-16-8-4-9/h9-10H,1-8,13H2,(H,14,15). The van der Waals surface area contributed by atoms with Crippen LogP contribution in [-0.2, 0) is 9.53 Å². The molecule has 92 valence electrons. The van der Waals surface area contributed by atoms with Crippen molar-refractivity contribution in [2.75, 3.05) is 13.2 Å². The second-order valence-electron chi connectivity index (χ2n) is 5.19. The minimum absolute atomic E-state index is 0.201. The Labute approximate surface area is 96.2 Å². The molecule has 2 rings (SSSR count). The fraction of sp³-hybridized carbons (Fsp3) is 0.917. The second kappa shape index (κ2) is 4.72. The lowest BCUT2D eigenvalue weighted by molar-refractivity contribution is -0.158. The first-order chi connectivity index (χ1) is 7.65. The first-order valence-electron chi connectivity index (χ1n) is 6.22. The third-order valence-electron chi connectivity index (χ3n) is 4.35. The maximum atomic E-state index is 11.6. The molecular weight excluding hydrogens is 206 g/mol. The van der Waals surface area contributed by atoms with E-state index in [1.807, 2.05) is 0 Å². The minimum atomic E-state index is -0.619. The van der Waals surface area contributed by atoms with Gasteiger partial charge in [-0.25, -0.2) is 0 Å². The highest BCUT2D eigenvalue weighted by Crippen LogP contribution is 2.46. The molecular formula is C12H21NO3. The third-order valence-corrected chi connectivity index (χ3v) is 4.35. The Hall–Kier alpha value is -0.610. The topological polar surface area (TPSA) is 72.6 Å². The van der Waals surface area contributed by atoms with Gasteiger partial charge in [0.05, 0.1) is 5.41 Å². The van der Waals surface area contributed by atoms with Crippen LogP contribution < -0.4 is 5.73 Å². The summed E-state index contributed by atoms with van der Waals surface area (Å²) in [5.74, 6) is -0.336. The Morgan fingerprint density at radius 3 is 2.25 bits per heavy atom. The van der Waals surface area contributed by atoms with Crippen LogP contribution >= 0.6 is 0 Å². The molecule has 1 aliphatic carbocycles. The summed E-state index contributed by atoms with van der Waals surface area (Å²) < 4.78 is 5.32. The fourth-order valence-corrected chi connectivity index (χ4v) is 3.20. The predicted octanol–water partition coefficient (Wildman–Crippen LogP) is 1.39. The molecule has 1 saturated heterocycles. The Morgan fingerprint density at radius 1 is 1.19 bits per heavy atom. The molecule has 2 aliphatic rings. The van der Waals surface area contributed by atoms with Gasteiger partial charge in [-0.1, -0.05) is 0 Å². The molecule has 2 fully saturated rings. The number of hydrogen-bond donors (Lipinski definition) is 2. The van der Waals surface area contributed by atoms with Gasteiger partial charge in [-0.15, -0.1) is 0 Å². The lowest BCUT2D eigenvalue weighted by Crippen LogP contribution is -2.46. The Bertz CT molecular complexity index is 253. The molecule has 4 heteroatoms. The molecule has 1 aliphatic heterocycles. The van der Waals surface area contributed by atoms with Crippen molar-refractivity contribution in [2.45, 2.75) is 44.6 Å². The minimum Gasteiger partial charge on any atom is -0.481 e. The molecule has 3 N–H and O–H groups in total. The Kier molecular flexibility index (Phi) is 3.50. The largest absolute Gasteiger partial charge is 0.481 e. The van der Waals surface area contributed by atoms with E-state index in [0.717, 1.165) is 38.5 Å². The number of ether oxygens (including phenoxy) is 1. The summed E-state index contributed by atoms with van der Waals surface area (Å²) >= 11 is 0. The average molecular weight is 227 g/mol. The van der Waals surface area contributed by atoms with E-state index in [1.165, 1.54) is 0 Å². The number of carboxylic acid groups (broad SMARTS) is 1. The zero-order valence-electron chi connectivity index (χ0n) is 9.65. The van der Waals surface area contributed by atoms with Gasteiger partial charge in [0.15, 0.2) is 0 Å². The van der Waals surface area contributed by atoms with Crippen LogP contribution in [0.3, 0.4) is 0 Å². The highest BCUT2D eigenvalue weighted by atomic mass is 16.5. The van der Waals surface area contributed by atoms with E-state index < -0.39 is 11.4 Å². The second-order valence-corrected chi connectivity index (χ2v) is 5.19. The Morgan fingerprint density at radius 2 is 1.75 bits per heavy atom. The summed E-state index contributed by atoms with van der Waals surface area (Å²) in [7, 11) is 0. The van der Waals surface area contributed by atoms with Crippen LogP contribution in [0.25, 0.3) is 0 Å². The van der Waals surface area contributed by atoms with Gasteiger partial charge >= 0.3 is 5.97 Å². The van der Waals surface area contributed by atoms with Gasteiger partial charge in [0, 0.05) is 19.3 Å². The molecule has 0 spiro atoms. The van der Waals surface area contributed by atoms with E-state index >= 15 is 0 Å². The maximum absolute atomic E-state index is 11.6. The third kappa shape index (κ3) is 2.09. The lowest BCUT2D eigenvalue weighted by Gasteiger charge is -2.43. The number of nitrogens with two attached hydrogens (primary N) is 1. The normalized spacial score (nSPS) is 37.2. The van der Waals surface area contributed by atoms with Crippen LogP contribution in [0.1, 0.15) is 38.5 Å². The first kappa shape index (κ1) is 11.9. The molecule has 0 atom stereocenters. The van der Waals surface area contributed by atoms with E-state index in [2.05, 4.69) is 0 Å². The molecule has 0 aromatic heterocycles. The van der Waals surface area contributed by atoms with Crippen molar-refractivity contribution >= 4 is 5.97 Å². The highest BCUT2D eigenvalue weighted by Gasteiger charge is 2.47. The zero-order valence-corrected chi connectivity index (χ0v) is 9.65. The number of hydrogen-bond acceptors (Lipinski definition) is 3. The average Bonchev–Trinajstić information content (AvgIpc) is 2.31. The summed E-state index contributed by atoms with van der Waals surface area (Å²) in [4.78, 5) is 11.6. The van der Waals surface area contributed by atoms with Crippen molar-refractivity contribution in [1.82, 2.24) is 0 Å². The van der Waals surface area contributed by atoms with Crippen LogP contribution in [-0.4, -0.2) is 30.3 Å². The number of aliphatic carboxylic acids is 1. The van der Waals surface area contributed by atoms with Gasteiger partial charge in [-0.05, 0) is 44.4 Å². The molecule has 16 heavy (non-hydrogen) atoms. The van der Waals surface area contributed by atoms with Crippen LogP contribution in [0.4, 0.5) is 0 Å². The molecule has 4 nitrogen and oxygen atoms in total. The molecule has 0 amide bonds. The number of rotatable bonds is 2. The summed E-state index contributed by atoms with van der Waals surface area (Å²) in [5.41, 5.74) is 5.35. The van der Waals surface area contributed by atoms with Crippen LogP contribution in [0.5, 0.6) is 0 Å². The smallest absolute Gasteiger partial charge is 0.309 e. The molecule has 0 radical (unpaired) electrons. The number of carboxylic acids is 1. The lowest BCUT2D eigenvalue weighted by atomic mass is 9.63. The van der Waals surface area contributed by atoms with Crippen LogP contribution in [0.15, 0.2) is 0 Å². The van der Waals surface area contributed by atoms with Crippen LogP contribution in [0, 0.1) is 11.3 Å². The quantitative estimate of drug-likeness (QED) is 0.747. The van der Waals surface area contributed by atoms with Gasteiger partial charge < -0.3 is 15.6 Å². The van der Waals surface area contributed by atoms with Gasteiger partial charge in [0.2, 0.25) is 0 Å². The van der Waals surface area contributed by atoms with E-state index in [-0.39, 0.29) is 12.0 Å². The van der Waals surface area contributed by atoms with Crippen molar-refractivity contribution < 1.29 is 14.6 Å². The van der Waals surface area contributed by atoms with Gasteiger partial charge in [-0.3, -0.25) is 4.79 Å². The zero-order chi connectivity index (χ0) is 11.6. The summed E-state index contributed by atoms with van der Waals surface area (Å²) in [5, 5.41) is 9.55. The van der Waals surface area contributed by atoms with E-state index in [1.54, 1.807) is 0 Å². The van der Waals surface area contributed by atoms with Crippen molar-refractivity contribution in [1.29, 1.82) is 0 Å². The van der Waals surface area contributed by atoms with Gasteiger partial charge in [0.1, 0.15) is 0 Å².